The highest BCUT2D eigenvalue weighted by Crippen LogP contribution is 2.20. The van der Waals surface area contributed by atoms with Crippen molar-refractivity contribution in [2.75, 3.05) is 19.6 Å². The number of aliphatic hydroxyl groups is 1. The van der Waals surface area contributed by atoms with Crippen LogP contribution in [-0.4, -0.2) is 46.6 Å². The number of carbonyl (C=O) groups is 1. The van der Waals surface area contributed by atoms with E-state index in [1.54, 1.807) is 0 Å². The Balaban J connectivity index is 1.77. The van der Waals surface area contributed by atoms with E-state index in [2.05, 4.69) is 4.90 Å². The van der Waals surface area contributed by atoms with Gasteiger partial charge in [0.15, 0.2) is 6.29 Å². The fourth-order valence-corrected chi connectivity index (χ4v) is 3.07. The number of nitrogens with zero attached hydrogens (tertiary/aromatic N) is 2. The monoisotopic (exact) mass is 272 g/mol. The molecule has 1 aliphatic heterocycles. The molecular formula is C16H20N2O2. The second-order valence-corrected chi connectivity index (χ2v) is 5.53. The maximum absolute atomic E-state index is 11.1. The topological polar surface area (TPSA) is 45.5 Å². The Bertz CT molecular complexity index is 600. The summed E-state index contributed by atoms with van der Waals surface area (Å²) < 4.78 is 1.99. The Kier molecular flexibility index (Phi) is 3.85. The first kappa shape index (κ1) is 13.3. The van der Waals surface area contributed by atoms with E-state index in [1.807, 2.05) is 35.0 Å². The molecule has 0 spiro atoms. The summed E-state index contributed by atoms with van der Waals surface area (Å²) in [4.78, 5) is 13.4. The predicted molar refractivity (Wildman–Crippen MR) is 79.0 cm³/mol. The molecule has 0 bridgehead atoms. The van der Waals surface area contributed by atoms with Crippen molar-refractivity contribution in [2.24, 2.45) is 0 Å². The fourth-order valence-electron chi connectivity index (χ4n) is 3.07. The van der Waals surface area contributed by atoms with E-state index in [9.17, 15) is 9.90 Å². The van der Waals surface area contributed by atoms with Crippen molar-refractivity contribution >= 4 is 17.2 Å². The number of aldehydes is 1. The van der Waals surface area contributed by atoms with Crippen LogP contribution in [0.1, 0.15) is 23.2 Å². The summed E-state index contributed by atoms with van der Waals surface area (Å²) in [5.74, 6) is 0. The first-order valence-electron chi connectivity index (χ1n) is 7.21. The molecule has 1 saturated heterocycles. The highest BCUT2D eigenvalue weighted by Gasteiger charge is 2.17. The van der Waals surface area contributed by atoms with Crippen LogP contribution in [-0.2, 0) is 6.54 Å². The maximum Gasteiger partial charge on any atom is 0.152 e. The molecule has 2 heterocycles. The number of aromatic nitrogens is 1. The van der Waals surface area contributed by atoms with Crippen LogP contribution in [0.5, 0.6) is 0 Å². The normalized spacial score (nSPS) is 17.6. The van der Waals surface area contributed by atoms with Gasteiger partial charge in [-0.05, 0) is 32.0 Å². The number of hydrogen-bond donors (Lipinski definition) is 1. The third kappa shape index (κ3) is 2.62. The standard InChI is InChI=1S/C16H20N2O2/c19-12-13-9-18(16-6-2-1-5-15(13)16)11-14(20)10-17-7-3-4-8-17/h1-2,5-6,9,12,14,20H,3-4,7-8,10-11H2/t14-/m0/s1. The summed E-state index contributed by atoms with van der Waals surface area (Å²) in [5.41, 5.74) is 1.70. The number of likely N-dealkylation sites (tertiary alicyclic amines) is 1. The molecule has 1 aromatic carbocycles. The van der Waals surface area contributed by atoms with Gasteiger partial charge in [0.1, 0.15) is 0 Å². The molecule has 1 fully saturated rings. The lowest BCUT2D eigenvalue weighted by atomic mass is 10.2. The lowest BCUT2D eigenvalue weighted by molar-refractivity contribution is 0.109. The zero-order valence-electron chi connectivity index (χ0n) is 11.5. The van der Waals surface area contributed by atoms with E-state index < -0.39 is 6.10 Å². The number of fused-ring (bicyclic) bond motifs is 1. The lowest BCUT2D eigenvalue weighted by Crippen LogP contribution is -2.32. The molecule has 4 heteroatoms. The van der Waals surface area contributed by atoms with E-state index in [1.165, 1.54) is 12.8 Å². The third-order valence-electron chi connectivity index (χ3n) is 4.02. The van der Waals surface area contributed by atoms with Crippen LogP contribution in [0.3, 0.4) is 0 Å². The largest absolute Gasteiger partial charge is 0.390 e. The molecule has 1 atom stereocenters. The number of rotatable bonds is 5. The second kappa shape index (κ2) is 5.77. The summed E-state index contributed by atoms with van der Waals surface area (Å²) in [7, 11) is 0. The van der Waals surface area contributed by atoms with Gasteiger partial charge in [-0.3, -0.25) is 4.79 Å². The van der Waals surface area contributed by atoms with Gasteiger partial charge in [0, 0.05) is 35.8 Å². The Morgan fingerprint density at radius 3 is 2.70 bits per heavy atom. The molecule has 1 aliphatic rings. The number of aliphatic hydroxyl groups excluding tert-OH is 1. The Labute approximate surface area is 118 Å². The van der Waals surface area contributed by atoms with Gasteiger partial charge in [-0.15, -0.1) is 0 Å². The summed E-state index contributed by atoms with van der Waals surface area (Å²) >= 11 is 0. The quantitative estimate of drug-likeness (QED) is 0.846. The van der Waals surface area contributed by atoms with Gasteiger partial charge < -0.3 is 14.6 Å². The summed E-state index contributed by atoms with van der Waals surface area (Å²) in [6.45, 7) is 3.42. The highest BCUT2D eigenvalue weighted by molar-refractivity contribution is 5.97. The van der Waals surface area contributed by atoms with Gasteiger partial charge in [-0.25, -0.2) is 0 Å². The SMILES string of the molecule is O=Cc1cn(C[C@@H](O)CN2CCCC2)c2ccccc12. The first-order chi connectivity index (χ1) is 9.78. The van der Waals surface area contributed by atoms with Crippen molar-refractivity contribution in [2.45, 2.75) is 25.5 Å². The van der Waals surface area contributed by atoms with Crippen LogP contribution >= 0.6 is 0 Å². The van der Waals surface area contributed by atoms with E-state index in [0.717, 1.165) is 30.3 Å². The molecule has 3 rings (SSSR count). The van der Waals surface area contributed by atoms with Crippen LogP contribution in [0.25, 0.3) is 10.9 Å². The zero-order valence-corrected chi connectivity index (χ0v) is 11.5. The molecule has 0 unspecified atom stereocenters. The van der Waals surface area contributed by atoms with Gasteiger partial charge in [0.05, 0.1) is 6.10 Å². The van der Waals surface area contributed by atoms with Crippen LogP contribution in [0.15, 0.2) is 30.5 Å². The number of hydrogen-bond acceptors (Lipinski definition) is 3. The van der Waals surface area contributed by atoms with Crippen molar-refractivity contribution < 1.29 is 9.90 Å². The molecule has 0 aliphatic carbocycles. The molecule has 1 N–H and O–H groups in total. The number of para-hydroxylation sites is 1. The van der Waals surface area contributed by atoms with Crippen LogP contribution in [0, 0.1) is 0 Å². The van der Waals surface area contributed by atoms with Crippen molar-refractivity contribution in [3.8, 4) is 0 Å². The summed E-state index contributed by atoms with van der Waals surface area (Å²) in [6.07, 6.45) is 4.78. The molecule has 20 heavy (non-hydrogen) atoms. The van der Waals surface area contributed by atoms with Crippen LogP contribution in [0.4, 0.5) is 0 Å². The molecule has 0 amide bonds. The Morgan fingerprint density at radius 1 is 1.20 bits per heavy atom. The molecule has 106 valence electrons. The molecule has 2 aromatic rings. The van der Waals surface area contributed by atoms with Gasteiger partial charge in [0.25, 0.3) is 0 Å². The molecule has 1 aromatic heterocycles. The molecule has 4 nitrogen and oxygen atoms in total. The van der Waals surface area contributed by atoms with Gasteiger partial charge in [-0.1, -0.05) is 18.2 Å². The smallest absolute Gasteiger partial charge is 0.152 e. The minimum Gasteiger partial charge on any atom is -0.390 e. The molecular weight excluding hydrogens is 252 g/mol. The van der Waals surface area contributed by atoms with E-state index in [4.69, 9.17) is 0 Å². The fraction of sp³-hybridized carbons (Fsp3) is 0.438. The number of carbonyl (C=O) groups excluding carboxylic acids is 1. The molecule has 0 saturated carbocycles. The van der Waals surface area contributed by atoms with Crippen molar-refractivity contribution in [1.29, 1.82) is 0 Å². The summed E-state index contributed by atoms with van der Waals surface area (Å²) in [5, 5.41) is 11.2. The van der Waals surface area contributed by atoms with Crippen molar-refractivity contribution in [3.05, 3.63) is 36.0 Å². The average molecular weight is 272 g/mol. The second-order valence-electron chi connectivity index (χ2n) is 5.53. The van der Waals surface area contributed by atoms with Crippen LogP contribution < -0.4 is 0 Å². The van der Waals surface area contributed by atoms with Gasteiger partial charge in [-0.2, -0.15) is 0 Å². The predicted octanol–water partition coefficient (Wildman–Crippen LogP) is 1.91. The Morgan fingerprint density at radius 2 is 1.95 bits per heavy atom. The first-order valence-corrected chi connectivity index (χ1v) is 7.21. The minimum absolute atomic E-state index is 0.400. The lowest BCUT2D eigenvalue weighted by Gasteiger charge is -2.20. The van der Waals surface area contributed by atoms with Crippen LogP contribution in [0.2, 0.25) is 0 Å². The average Bonchev–Trinajstić information content (AvgIpc) is 3.07. The van der Waals surface area contributed by atoms with Gasteiger partial charge in [0.2, 0.25) is 0 Å². The number of β-amino-alcohol motifs (C(OH)–C–C–N with tert-alkyl or cyclic N) is 1. The van der Waals surface area contributed by atoms with E-state index >= 15 is 0 Å². The molecule has 0 radical (unpaired) electrons. The minimum atomic E-state index is -0.400. The zero-order chi connectivity index (χ0) is 13.9. The van der Waals surface area contributed by atoms with E-state index in [-0.39, 0.29) is 0 Å². The Hall–Kier alpha value is -1.65. The summed E-state index contributed by atoms with van der Waals surface area (Å²) in [6, 6.07) is 7.83. The van der Waals surface area contributed by atoms with Crippen molar-refractivity contribution in [3.63, 3.8) is 0 Å². The third-order valence-corrected chi connectivity index (χ3v) is 4.02. The van der Waals surface area contributed by atoms with Gasteiger partial charge >= 0.3 is 0 Å². The van der Waals surface area contributed by atoms with E-state index in [0.29, 0.717) is 18.7 Å². The highest BCUT2D eigenvalue weighted by atomic mass is 16.3. The van der Waals surface area contributed by atoms with Crippen molar-refractivity contribution in [1.82, 2.24) is 9.47 Å². The number of benzene rings is 1. The maximum atomic E-state index is 11.1.